The molecule has 0 amide bonds. The van der Waals surface area contributed by atoms with Crippen molar-refractivity contribution in [2.24, 2.45) is 11.8 Å². The Labute approximate surface area is 85.8 Å². The average Bonchev–Trinajstić information content (AvgIpc) is 2.21. The molecule has 1 aliphatic rings. The van der Waals surface area contributed by atoms with Gasteiger partial charge < -0.3 is 5.11 Å². The minimum atomic E-state index is -0.110. The summed E-state index contributed by atoms with van der Waals surface area (Å²) in [4.78, 5) is 0. The average molecular weight is 190 g/mol. The second-order valence-corrected chi connectivity index (χ2v) is 4.65. The molecule has 1 aromatic carbocycles. The van der Waals surface area contributed by atoms with E-state index in [1.807, 2.05) is 0 Å². The summed E-state index contributed by atoms with van der Waals surface area (Å²) in [7, 11) is 0. The fraction of sp³-hybridized carbons (Fsp3) is 0.538. The molecule has 76 valence electrons. The first-order valence-corrected chi connectivity index (χ1v) is 5.36. The van der Waals surface area contributed by atoms with Gasteiger partial charge in [0.1, 0.15) is 0 Å². The second-order valence-electron chi connectivity index (χ2n) is 4.65. The summed E-state index contributed by atoms with van der Waals surface area (Å²) in [6.07, 6.45) is -0.110. The second kappa shape index (κ2) is 3.39. The molecule has 0 aliphatic heterocycles. The van der Waals surface area contributed by atoms with Gasteiger partial charge in [-0.15, -0.1) is 0 Å². The van der Waals surface area contributed by atoms with Crippen LogP contribution in [0.3, 0.4) is 0 Å². The predicted molar refractivity (Wildman–Crippen MR) is 58.3 cm³/mol. The number of benzene rings is 1. The van der Waals surface area contributed by atoms with E-state index in [4.69, 9.17) is 0 Å². The monoisotopic (exact) mass is 190 g/mol. The SMILES string of the molecule is Cc1ccc(C2C(C)C(O)C2C)cc1. The van der Waals surface area contributed by atoms with Crippen molar-refractivity contribution >= 4 is 0 Å². The van der Waals surface area contributed by atoms with Gasteiger partial charge in [0.2, 0.25) is 0 Å². The molecule has 2 atom stereocenters. The van der Waals surface area contributed by atoms with Gasteiger partial charge >= 0.3 is 0 Å². The van der Waals surface area contributed by atoms with E-state index in [1.165, 1.54) is 11.1 Å². The highest BCUT2D eigenvalue weighted by atomic mass is 16.3. The molecule has 1 nitrogen and oxygen atoms in total. The van der Waals surface area contributed by atoms with Crippen molar-refractivity contribution in [1.82, 2.24) is 0 Å². The third kappa shape index (κ3) is 1.36. The summed E-state index contributed by atoms with van der Waals surface area (Å²) in [5.41, 5.74) is 2.68. The number of aliphatic hydroxyl groups excluding tert-OH is 1. The lowest BCUT2D eigenvalue weighted by molar-refractivity contribution is -0.0474. The van der Waals surface area contributed by atoms with Crippen LogP contribution in [0, 0.1) is 18.8 Å². The van der Waals surface area contributed by atoms with Gasteiger partial charge in [0.15, 0.2) is 0 Å². The number of rotatable bonds is 1. The highest BCUT2D eigenvalue weighted by molar-refractivity contribution is 5.28. The Morgan fingerprint density at radius 1 is 1.00 bits per heavy atom. The molecule has 0 spiro atoms. The van der Waals surface area contributed by atoms with E-state index in [0.717, 1.165) is 0 Å². The van der Waals surface area contributed by atoms with Crippen molar-refractivity contribution in [3.05, 3.63) is 35.4 Å². The van der Waals surface area contributed by atoms with E-state index >= 15 is 0 Å². The van der Waals surface area contributed by atoms with Crippen molar-refractivity contribution < 1.29 is 5.11 Å². The van der Waals surface area contributed by atoms with Crippen LogP contribution in [0.15, 0.2) is 24.3 Å². The van der Waals surface area contributed by atoms with Gasteiger partial charge in [-0.25, -0.2) is 0 Å². The van der Waals surface area contributed by atoms with Gasteiger partial charge in [-0.05, 0) is 30.2 Å². The van der Waals surface area contributed by atoms with Crippen LogP contribution < -0.4 is 0 Å². The normalized spacial score (nSPS) is 36.6. The predicted octanol–water partition coefficient (Wildman–Crippen LogP) is 2.73. The fourth-order valence-electron chi connectivity index (χ4n) is 2.63. The fourth-order valence-corrected chi connectivity index (χ4v) is 2.63. The Hall–Kier alpha value is -0.820. The van der Waals surface area contributed by atoms with E-state index < -0.39 is 0 Å². The van der Waals surface area contributed by atoms with Gasteiger partial charge in [0.25, 0.3) is 0 Å². The minimum Gasteiger partial charge on any atom is -0.393 e. The zero-order valence-electron chi connectivity index (χ0n) is 9.07. The van der Waals surface area contributed by atoms with Gasteiger partial charge in [0.05, 0.1) is 6.10 Å². The molecule has 1 aromatic rings. The van der Waals surface area contributed by atoms with Crippen LogP contribution in [0.5, 0.6) is 0 Å². The molecule has 1 heteroatoms. The highest BCUT2D eigenvalue weighted by Gasteiger charge is 2.44. The molecule has 1 aliphatic carbocycles. The van der Waals surface area contributed by atoms with Crippen LogP contribution in [-0.2, 0) is 0 Å². The summed E-state index contributed by atoms with van der Waals surface area (Å²) in [6, 6.07) is 8.69. The summed E-state index contributed by atoms with van der Waals surface area (Å²) < 4.78 is 0. The summed E-state index contributed by atoms with van der Waals surface area (Å²) in [5.74, 6) is 1.37. The van der Waals surface area contributed by atoms with E-state index in [0.29, 0.717) is 17.8 Å². The zero-order chi connectivity index (χ0) is 10.3. The quantitative estimate of drug-likeness (QED) is 0.722. The molecule has 2 rings (SSSR count). The van der Waals surface area contributed by atoms with Crippen molar-refractivity contribution in [2.45, 2.75) is 32.8 Å². The lowest BCUT2D eigenvalue weighted by Gasteiger charge is -2.46. The first-order chi connectivity index (χ1) is 6.61. The van der Waals surface area contributed by atoms with Gasteiger partial charge in [-0.3, -0.25) is 0 Å². The molecule has 0 heterocycles. The Morgan fingerprint density at radius 3 is 2.00 bits per heavy atom. The standard InChI is InChI=1S/C13H18O/c1-8-4-6-11(7-5-8)12-9(2)13(14)10(12)3/h4-7,9-10,12-14H,1-3H3. The maximum Gasteiger partial charge on any atom is 0.0603 e. The molecule has 1 N–H and O–H groups in total. The third-order valence-electron chi connectivity index (χ3n) is 3.67. The maximum atomic E-state index is 9.67. The lowest BCUT2D eigenvalue weighted by Crippen LogP contribution is -2.46. The van der Waals surface area contributed by atoms with Gasteiger partial charge in [0, 0.05) is 0 Å². The third-order valence-corrected chi connectivity index (χ3v) is 3.67. The molecule has 0 saturated heterocycles. The number of hydrogen-bond donors (Lipinski definition) is 1. The number of aliphatic hydroxyl groups is 1. The van der Waals surface area contributed by atoms with Crippen LogP contribution in [0.25, 0.3) is 0 Å². The van der Waals surface area contributed by atoms with Crippen molar-refractivity contribution in [3.63, 3.8) is 0 Å². The molecule has 1 fully saturated rings. The number of hydrogen-bond acceptors (Lipinski definition) is 1. The largest absolute Gasteiger partial charge is 0.393 e. The highest BCUT2D eigenvalue weighted by Crippen LogP contribution is 2.47. The van der Waals surface area contributed by atoms with E-state index in [-0.39, 0.29) is 6.10 Å². The minimum absolute atomic E-state index is 0.110. The first-order valence-electron chi connectivity index (χ1n) is 5.36. The van der Waals surface area contributed by atoms with E-state index in [2.05, 4.69) is 45.0 Å². The lowest BCUT2D eigenvalue weighted by atomic mass is 9.61. The zero-order valence-corrected chi connectivity index (χ0v) is 9.07. The van der Waals surface area contributed by atoms with Crippen LogP contribution in [0.1, 0.15) is 30.9 Å². The topological polar surface area (TPSA) is 20.2 Å². The number of aryl methyl sites for hydroxylation is 1. The molecular weight excluding hydrogens is 172 g/mol. The van der Waals surface area contributed by atoms with Crippen molar-refractivity contribution in [1.29, 1.82) is 0 Å². The van der Waals surface area contributed by atoms with Crippen LogP contribution >= 0.6 is 0 Å². The van der Waals surface area contributed by atoms with Crippen LogP contribution in [0.4, 0.5) is 0 Å². The van der Waals surface area contributed by atoms with Gasteiger partial charge in [-0.1, -0.05) is 43.7 Å². The molecule has 0 aromatic heterocycles. The summed E-state index contributed by atoms with van der Waals surface area (Å²) in [6.45, 7) is 6.37. The summed E-state index contributed by atoms with van der Waals surface area (Å²) >= 11 is 0. The molecule has 14 heavy (non-hydrogen) atoms. The van der Waals surface area contributed by atoms with E-state index in [1.54, 1.807) is 0 Å². The smallest absolute Gasteiger partial charge is 0.0603 e. The molecule has 0 radical (unpaired) electrons. The Balaban J connectivity index is 2.20. The maximum absolute atomic E-state index is 9.67. The Bertz CT molecular complexity index is 305. The molecular formula is C13H18O. The van der Waals surface area contributed by atoms with Gasteiger partial charge in [-0.2, -0.15) is 0 Å². The molecule has 0 bridgehead atoms. The molecule has 1 saturated carbocycles. The van der Waals surface area contributed by atoms with Crippen LogP contribution in [0.2, 0.25) is 0 Å². The van der Waals surface area contributed by atoms with Crippen LogP contribution in [-0.4, -0.2) is 11.2 Å². The van der Waals surface area contributed by atoms with E-state index in [9.17, 15) is 5.11 Å². The Kier molecular flexibility index (Phi) is 2.36. The first kappa shape index (κ1) is 9.72. The van der Waals surface area contributed by atoms with Crippen molar-refractivity contribution in [3.8, 4) is 0 Å². The Morgan fingerprint density at radius 2 is 1.50 bits per heavy atom. The van der Waals surface area contributed by atoms with Crippen molar-refractivity contribution in [2.75, 3.05) is 0 Å². The molecule has 2 unspecified atom stereocenters. The summed E-state index contributed by atoms with van der Waals surface area (Å²) in [5, 5.41) is 9.67.